The lowest BCUT2D eigenvalue weighted by molar-refractivity contribution is -0.244. The van der Waals surface area contributed by atoms with E-state index in [1.54, 1.807) is 25.1 Å². The zero-order chi connectivity index (χ0) is 42.2. The van der Waals surface area contributed by atoms with E-state index < -0.39 is 86.4 Å². The molecule has 2 saturated carbocycles. The van der Waals surface area contributed by atoms with Gasteiger partial charge in [-0.15, -0.1) is 0 Å². The molecule has 318 valence electrons. The van der Waals surface area contributed by atoms with Gasteiger partial charge < -0.3 is 29.7 Å². The highest BCUT2D eigenvalue weighted by molar-refractivity contribution is 7.91. The van der Waals surface area contributed by atoms with Gasteiger partial charge in [-0.25, -0.2) is 18.2 Å². The quantitative estimate of drug-likeness (QED) is 0.266. The monoisotopic (exact) mass is 835 g/mol. The number of rotatable bonds is 10. The number of nitrogens with zero attached hydrogens (tertiary/aromatic N) is 2. The van der Waals surface area contributed by atoms with Crippen molar-refractivity contribution >= 4 is 44.6 Å². The van der Waals surface area contributed by atoms with Gasteiger partial charge in [-0.3, -0.25) is 19.1 Å². The summed E-state index contributed by atoms with van der Waals surface area (Å²) < 4.78 is 86.3. The van der Waals surface area contributed by atoms with Crippen molar-refractivity contribution in [2.75, 3.05) is 13.2 Å². The molecule has 3 N–H and O–H groups in total. The Kier molecular flexibility index (Phi) is 12.3. The minimum absolute atomic E-state index is 0.0281. The highest BCUT2D eigenvalue weighted by Gasteiger charge is 2.62. The van der Waals surface area contributed by atoms with Crippen LogP contribution in [0.25, 0.3) is 10.8 Å². The predicted molar refractivity (Wildman–Crippen MR) is 206 cm³/mol. The Labute approximate surface area is 336 Å². The number of pyridine rings is 1. The molecule has 18 heteroatoms. The van der Waals surface area contributed by atoms with Crippen molar-refractivity contribution in [1.82, 2.24) is 25.2 Å². The van der Waals surface area contributed by atoms with Crippen molar-refractivity contribution in [2.45, 2.75) is 127 Å². The van der Waals surface area contributed by atoms with Crippen molar-refractivity contribution in [2.24, 2.45) is 17.8 Å². The molecule has 2 aromatic rings. The molecule has 1 aromatic heterocycles. The van der Waals surface area contributed by atoms with E-state index in [9.17, 15) is 40.8 Å². The van der Waals surface area contributed by atoms with Crippen LogP contribution in [-0.4, -0.2) is 96.0 Å². The van der Waals surface area contributed by atoms with Gasteiger partial charge in [0.15, 0.2) is 0 Å². The number of hydrogen-bond donors (Lipinski definition) is 3. The molecule has 3 heterocycles. The van der Waals surface area contributed by atoms with E-state index in [0.717, 1.165) is 0 Å². The molecule has 0 spiro atoms. The molecular weight excluding hydrogens is 784 g/mol. The molecule has 2 aliphatic carbocycles. The summed E-state index contributed by atoms with van der Waals surface area (Å²) in [6, 6.07) is 4.50. The maximum atomic E-state index is 14.9. The van der Waals surface area contributed by atoms with Gasteiger partial charge in [0.2, 0.25) is 33.3 Å². The molecule has 4 amide bonds. The molecule has 1 saturated heterocycles. The van der Waals surface area contributed by atoms with Crippen LogP contribution in [0.2, 0.25) is 0 Å². The highest BCUT2D eigenvalue weighted by atomic mass is 32.2. The first-order valence-electron chi connectivity index (χ1n) is 19.9. The standard InChI is InChI=1S/C40H52F3N5O9S/c1-6-24-18-23(3)12-8-9-13-25-20-39(25,36(51)47-58(53,54)27-16-17-27)46-33(49)30-19-26(56-34-29-15-11-10-14-28(29)31(21-44-34)55-7-2)22-48(30)35(50)32(24)45-37(52)57-38(4,5)40(41,42)43/h9-11,13-15,21,23-27,30,32H,6-8,12,16-20,22H2,1-5H3,(H,45,52)(H,46,49)(H,47,51)/b13-9-/t23-,24+,25+,26+,30-,32-,39+/m0/s1. The van der Waals surface area contributed by atoms with Gasteiger partial charge in [-0.1, -0.05) is 50.6 Å². The molecule has 0 unspecified atom stereocenters. The average molecular weight is 836 g/mol. The van der Waals surface area contributed by atoms with Gasteiger partial charge in [-0.2, -0.15) is 13.2 Å². The summed E-state index contributed by atoms with van der Waals surface area (Å²) in [6.07, 6.45) is 0.684. The van der Waals surface area contributed by atoms with Crippen molar-refractivity contribution in [1.29, 1.82) is 0 Å². The number of amides is 4. The van der Waals surface area contributed by atoms with Crippen LogP contribution in [-0.2, 0) is 29.1 Å². The third-order valence-corrected chi connectivity index (χ3v) is 13.4. The molecule has 3 fully saturated rings. The minimum atomic E-state index is -4.91. The fourth-order valence-corrected chi connectivity index (χ4v) is 9.19. The van der Waals surface area contributed by atoms with E-state index >= 15 is 0 Å². The van der Waals surface area contributed by atoms with Crippen LogP contribution in [0.1, 0.15) is 86.0 Å². The van der Waals surface area contributed by atoms with E-state index in [-0.39, 0.29) is 31.2 Å². The second kappa shape index (κ2) is 16.6. The van der Waals surface area contributed by atoms with E-state index in [1.807, 2.05) is 32.1 Å². The van der Waals surface area contributed by atoms with Crippen LogP contribution >= 0.6 is 0 Å². The Bertz CT molecular complexity index is 2040. The topological polar surface area (TPSA) is 182 Å². The third kappa shape index (κ3) is 9.15. The van der Waals surface area contributed by atoms with Crippen LogP contribution < -0.4 is 24.8 Å². The minimum Gasteiger partial charge on any atom is -0.492 e. The number of hydrogen-bond acceptors (Lipinski definition) is 10. The normalized spacial score (nSPS) is 28.9. The smallest absolute Gasteiger partial charge is 0.427 e. The molecule has 1 aromatic carbocycles. The van der Waals surface area contributed by atoms with Crippen LogP contribution in [0.4, 0.5) is 18.0 Å². The molecule has 58 heavy (non-hydrogen) atoms. The number of fused-ring (bicyclic) bond motifs is 3. The summed E-state index contributed by atoms with van der Waals surface area (Å²) in [5, 5.41) is 5.85. The van der Waals surface area contributed by atoms with Crippen LogP contribution in [0.3, 0.4) is 0 Å². The summed E-state index contributed by atoms with van der Waals surface area (Å²) in [6.45, 7) is 7.18. The first-order valence-corrected chi connectivity index (χ1v) is 21.4. The van der Waals surface area contributed by atoms with Crippen LogP contribution in [0.5, 0.6) is 11.6 Å². The number of aromatic nitrogens is 1. The SMILES string of the molecule is CCOc1cnc(O[C@@H]2C[C@H]3C(=O)N[C@]4(C(=O)NS(=O)(=O)C5CC5)C[C@H]4/C=C\CC[C@H](C)C[C@@H](CC)[C@H](NC(=O)OC(C)(C)C(F)(F)F)C(=O)N3C2)c2ccccc12. The molecule has 0 bridgehead atoms. The Hall–Kier alpha value is -4.61. The molecule has 0 radical (unpaired) electrons. The van der Waals surface area contributed by atoms with Gasteiger partial charge in [0.05, 0.1) is 24.6 Å². The average Bonchev–Trinajstić information content (AvgIpc) is 4.08. The maximum Gasteiger partial charge on any atom is 0.427 e. The third-order valence-electron chi connectivity index (χ3n) is 11.6. The van der Waals surface area contributed by atoms with E-state index in [0.29, 0.717) is 75.5 Å². The number of sulfonamides is 1. The Morgan fingerprint density at radius 2 is 1.78 bits per heavy atom. The fraction of sp³-hybridized carbons (Fsp3) is 0.625. The largest absolute Gasteiger partial charge is 0.492 e. The number of benzene rings is 1. The summed E-state index contributed by atoms with van der Waals surface area (Å²) in [7, 11) is -3.98. The lowest BCUT2D eigenvalue weighted by atomic mass is 9.85. The molecule has 6 rings (SSSR count). The van der Waals surface area contributed by atoms with Crippen LogP contribution in [0.15, 0.2) is 42.6 Å². The number of ether oxygens (including phenoxy) is 3. The van der Waals surface area contributed by atoms with Crippen molar-refractivity contribution in [3.8, 4) is 11.6 Å². The number of carbonyl (C=O) groups excluding carboxylic acids is 4. The number of halogens is 3. The number of allylic oxidation sites excluding steroid dienone is 1. The molecule has 7 atom stereocenters. The molecule has 4 aliphatic rings. The number of carbonyl (C=O) groups is 4. The predicted octanol–water partition coefficient (Wildman–Crippen LogP) is 5.30. The van der Waals surface area contributed by atoms with Gasteiger partial charge in [0.1, 0.15) is 29.5 Å². The Morgan fingerprint density at radius 3 is 2.43 bits per heavy atom. The Morgan fingerprint density at radius 1 is 1.07 bits per heavy atom. The zero-order valence-electron chi connectivity index (χ0n) is 33.3. The van der Waals surface area contributed by atoms with Crippen molar-refractivity contribution in [3.63, 3.8) is 0 Å². The summed E-state index contributed by atoms with van der Waals surface area (Å²) in [4.78, 5) is 62.1. The first kappa shape index (κ1) is 43.0. The highest BCUT2D eigenvalue weighted by Crippen LogP contribution is 2.46. The lowest BCUT2D eigenvalue weighted by Crippen LogP contribution is -2.59. The number of alkyl halides is 3. The second-order valence-corrected chi connectivity index (χ2v) is 18.3. The van der Waals surface area contributed by atoms with Gasteiger partial charge in [-0.05, 0) is 77.2 Å². The first-order chi connectivity index (χ1) is 27.3. The summed E-state index contributed by atoms with van der Waals surface area (Å²) in [5.74, 6) is -2.84. The molecular formula is C40H52F3N5O9S. The maximum absolute atomic E-state index is 14.9. The van der Waals surface area contributed by atoms with Gasteiger partial charge in [0, 0.05) is 23.1 Å². The number of alkyl carbamates (subject to hydrolysis) is 1. The van der Waals surface area contributed by atoms with Crippen molar-refractivity contribution in [3.05, 3.63) is 42.6 Å². The Balaban J connectivity index is 1.37. The molecule has 2 aliphatic heterocycles. The summed E-state index contributed by atoms with van der Waals surface area (Å²) in [5.41, 5.74) is -4.51. The van der Waals surface area contributed by atoms with E-state index in [4.69, 9.17) is 14.2 Å². The second-order valence-electron chi connectivity index (χ2n) is 16.4. The van der Waals surface area contributed by atoms with Crippen molar-refractivity contribution < 1.29 is 55.0 Å². The number of nitrogens with one attached hydrogen (secondary N) is 3. The lowest BCUT2D eigenvalue weighted by Gasteiger charge is -2.35. The van der Waals surface area contributed by atoms with Gasteiger partial charge >= 0.3 is 12.3 Å². The van der Waals surface area contributed by atoms with E-state index in [2.05, 4.69) is 20.3 Å². The fourth-order valence-electron chi connectivity index (χ4n) is 7.83. The van der Waals surface area contributed by atoms with Gasteiger partial charge in [0.25, 0.3) is 5.91 Å². The zero-order valence-corrected chi connectivity index (χ0v) is 34.1. The van der Waals surface area contributed by atoms with Crippen LogP contribution in [0, 0.1) is 17.8 Å². The molecule has 14 nitrogen and oxygen atoms in total. The summed E-state index contributed by atoms with van der Waals surface area (Å²) >= 11 is 0. The van der Waals surface area contributed by atoms with E-state index in [1.165, 1.54) is 11.1 Å².